The minimum Gasteiger partial charge on any atom is -0.508 e. The number of phenols is 1. The lowest BCUT2D eigenvalue weighted by Crippen LogP contribution is -2.60. The van der Waals surface area contributed by atoms with E-state index >= 15 is 0 Å². The van der Waals surface area contributed by atoms with Crippen LogP contribution in [0.5, 0.6) is 5.75 Å². The molecular weight excluding hydrogens is 668 g/mol. The van der Waals surface area contributed by atoms with Crippen molar-refractivity contribution in [3.8, 4) is 5.75 Å². The van der Waals surface area contributed by atoms with E-state index in [0.29, 0.717) is 16.8 Å². The summed E-state index contributed by atoms with van der Waals surface area (Å²) < 4.78 is 13.9. The molecule has 4 aromatic carbocycles. The summed E-state index contributed by atoms with van der Waals surface area (Å²) in [4.78, 5) is 55.0. The van der Waals surface area contributed by atoms with Crippen molar-refractivity contribution in [2.24, 2.45) is 17.8 Å². The molecule has 49 heavy (non-hydrogen) atoms. The molecular formula is C38H28Cl2FN3O5. The maximum Gasteiger partial charge on any atom is 0.258 e. The fraction of sp³-hybridized carbons (Fsp3) is 0.211. The van der Waals surface area contributed by atoms with E-state index in [1.807, 2.05) is 36.4 Å². The maximum atomic E-state index is 14.4. The van der Waals surface area contributed by atoms with E-state index in [0.717, 1.165) is 28.4 Å². The molecule has 3 fully saturated rings. The van der Waals surface area contributed by atoms with Crippen molar-refractivity contribution in [1.82, 2.24) is 0 Å². The molecule has 0 bridgehead atoms. The number of benzene rings is 4. The summed E-state index contributed by atoms with van der Waals surface area (Å²) in [5.41, 5.74) is 3.19. The number of para-hydroxylation sites is 1. The number of carbonyl (C=O) groups is 4. The Balaban J connectivity index is 1.19. The Morgan fingerprint density at radius 1 is 0.735 bits per heavy atom. The normalized spacial score (nSPS) is 29.0. The Labute approximate surface area is 290 Å². The van der Waals surface area contributed by atoms with Crippen molar-refractivity contribution in [2.75, 3.05) is 15.1 Å². The number of allylic oxidation sites excluding steroid dienone is 2. The quantitative estimate of drug-likeness (QED) is 0.132. The van der Waals surface area contributed by atoms with E-state index in [2.05, 4.69) is 5.32 Å². The molecule has 2 heterocycles. The van der Waals surface area contributed by atoms with Gasteiger partial charge in [-0.15, -0.1) is 23.2 Å². The zero-order chi connectivity index (χ0) is 34.2. The molecule has 4 amide bonds. The van der Waals surface area contributed by atoms with Gasteiger partial charge in [0.25, 0.3) is 11.8 Å². The number of imide groups is 2. The Bertz CT molecular complexity index is 2080. The Morgan fingerprint density at radius 3 is 2.08 bits per heavy atom. The minimum atomic E-state index is -2.07. The Hall–Kier alpha value is -4.99. The number of amides is 4. The van der Waals surface area contributed by atoms with Crippen LogP contribution in [0.15, 0.2) is 115 Å². The molecule has 2 aliphatic heterocycles. The number of halogens is 3. The second-order valence-electron chi connectivity index (χ2n) is 12.9. The van der Waals surface area contributed by atoms with Gasteiger partial charge in [0, 0.05) is 17.3 Å². The molecule has 2 N–H and O–H groups in total. The van der Waals surface area contributed by atoms with E-state index in [1.54, 1.807) is 36.4 Å². The van der Waals surface area contributed by atoms with Crippen LogP contribution in [-0.2, 0) is 19.2 Å². The fourth-order valence-electron chi connectivity index (χ4n) is 8.11. The molecule has 0 spiro atoms. The van der Waals surface area contributed by atoms with Crippen LogP contribution < -0.4 is 15.1 Å². The van der Waals surface area contributed by atoms with Crippen molar-refractivity contribution >= 4 is 69.6 Å². The second-order valence-corrected chi connectivity index (χ2v) is 14.1. The van der Waals surface area contributed by atoms with Crippen LogP contribution in [0, 0.1) is 23.6 Å². The molecule has 0 aromatic heterocycles. The highest BCUT2D eigenvalue weighted by atomic mass is 35.5. The van der Waals surface area contributed by atoms with Gasteiger partial charge in [-0.05, 0) is 97.1 Å². The maximum absolute atomic E-state index is 14.4. The van der Waals surface area contributed by atoms with Gasteiger partial charge in [-0.1, -0.05) is 42.0 Å². The number of anilines is 4. The van der Waals surface area contributed by atoms with Crippen LogP contribution in [0.3, 0.4) is 0 Å². The molecule has 2 aliphatic carbocycles. The first kappa shape index (κ1) is 31.3. The number of phenolic OH excluding ortho intramolecular Hbond substituents is 1. The SMILES string of the molecule is O=C1C2CC=C3C(CC4(Cl)C(=O)N(c5ccc(F)cc5)C(=O)C4(Cl)C3c3cccc(O)c3)C2C(=O)N1c1ccc(Nc2ccccc2)cc1. The van der Waals surface area contributed by atoms with E-state index in [-0.39, 0.29) is 30.2 Å². The van der Waals surface area contributed by atoms with Crippen LogP contribution >= 0.6 is 23.2 Å². The van der Waals surface area contributed by atoms with Gasteiger partial charge in [0.05, 0.1) is 23.2 Å². The highest BCUT2D eigenvalue weighted by Gasteiger charge is 2.76. The van der Waals surface area contributed by atoms with Gasteiger partial charge in [-0.25, -0.2) is 9.29 Å². The van der Waals surface area contributed by atoms with Crippen molar-refractivity contribution in [3.63, 3.8) is 0 Å². The summed E-state index contributed by atoms with van der Waals surface area (Å²) in [5.74, 6) is -6.43. The van der Waals surface area contributed by atoms with Gasteiger partial charge in [0.1, 0.15) is 11.6 Å². The Morgan fingerprint density at radius 2 is 1.39 bits per heavy atom. The average Bonchev–Trinajstić information content (AvgIpc) is 3.43. The number of hydrogen-bond acceptors (Lipinski definition) is 6. The third-order valence-electron chi connectivity index (χ3n) is 10.3. The molecule has 4 aromatic rings. The summed E-state index contributed by atoms with van der Waals surface area (Å²) in [6.45, 7) is 0. The zero-order valence-corrected chi connectivity index (χ0v) is 27.2. The summed E-state index contributed by atoms with van der Waals surface area (Å²) in [5, 5.41) is 13.8. The minimum absolute atomic E-state index is 0.0926. The van der Waals surface area contributed by atoms with E-state index in [4.69, 9.17) is 23.2 Å². The molecule has 6 unspecified atom stereocenters. The first-order chi connectivity index (χ1) is 23.5. The molecule has 6 atom stereocenters. The van der Waals surface area contributed by atoms with Gasteiger partial charge in [0.15, 0.2) is 9.75 Å². The number of alkyl halides is 2. The molecule has 11 heteroatoms. The van der Waals surface area contributed by atoms with Crippen LogP contribution in [0.1, 0.15) is 24.3 Å². The predicted molar refractivity (Wildman–Crippen MR) is 183 cm³/mol. The Kier molecular flexibility index (Phi) is 7.21. The smallest absolute Gasteiger partial charge is 0.258 e. The first-order valence-electron chi connectivity index (χ1n) is 15.8. The van der Waals surface area contributed by atoms with Crippen molar-refractivity contribution in [3.05, 3.63) is 126 Å². The molecule has 1 saturated carbocycles. The number of rotatable bonds is 5. The summed E-state index contributed by atoms with van der Waals surface area (Å²) in [7, 11) is 0. The molecule has 8 rings (SSSR count). The number of nitrogens with zero attached hydrogens (tertiary/aromatic N) is 2. The topological polar surface area (TPSA) is 107 Å². The fourth-order valence-corrected chi connectivity index (χ4v) is 9.05. The van der Waals surface area contributed by atoms with Crippen LogP contribution in [0.2, 0.25) is 0 Å². The number of aromatic hydroxyl groups is 1. The molecule has 0 radical (unpaired) electrons. The molecule has 8 nitrogen and oxygen atoms in total. The van der Waals surface area contributed by atoms with Crippen LogP contribution in [0.4, 0.5) is 27.1 Å². The zero-order valence-electron chi connectivity index (χ0n) is 25.7. The standard InChI is InChI=1S/C38H28Cl2FN3O5/c39-37-20-30-28(17-18-29-31(30)34(47)43(33(29)46)25-15-11-24(12-16-25)42-23-6-2-1-3-7-23)32(21-5-4-8-27(45)19-21)38(37,40)36(49)44(35(37)48)26-13-9-22(41)10-14-26/h1-17,19,29-32,42,45H,18,20H2. The molecule has 2 saturated heterocycles. The summed E-state index contributed by atoms with van der Waals surface area (Å²) in [6.07, 6.45) is 1.84. The monoisotopic (exact) mass is 695 g/mol. The van der Waals surface area contributed by atoms with Gasteiger partial charge >= 0.3 is 0 Å². The van der Waals surface area contributed by atoms with Crippen LogP contribution in [-0.4, -0.2) is 38.5 Å². The van der Waals surface area contributed by atoms with Crippen molar-refractivity contribution in [2.45, 2.75) is 28.5 Å². The van der Waals surface area contributed by atoms with E-state index in [1.165, 1.54) is 29.2 Å². The lowest BCUT2D eigenvalue weighted by atomic mass is 9.56. The average molecular weight is 697 g/mol. The largest absolute Gasteiger partial charge is 0.508 e. The van der Waals surface area contributed by atoms with E-state index in [9.17, 15) is 28.7 Å². The third-order valence-corrected chi connectivity index (χ3v) is 11.7. The summed E-state index contributed by atoms with van der Waals surface area (Å²) in [6, 6.07) is 27.6. The van der Waals surface area contributed by atoms with Crippen LogP contribution in [0.25, 0.3) is 0 Å². The highest BCUT2D eigenvalue weighted by Crippen LogP contribution is 2.66. The molecule has 246 valence electrons. The third kappa shape index (κ3) is 4.56. The van der Waals surface area contributed by atoms with Gasteiger partial charge in [-0.3, -0.25) is 24.1 Å². The highest BCUT2D eigenvalue weighted by molar-refractivity contribution is 6.58. The lowest BCUT2D eigenvalue weighted by molar-refractivity contribution is -0.125. The van der Waals surface area contributed by atoms with Gasteiger partial charge < -0.3 is 10.4 Å². The first-order valence-corrected chi connectivity index (χ1v) is 16.6. The predicted octanol–water partition coefficient (Wildman–Crippen LogP) is 7.04. The number of fused-ring (bicyclic) bond motifs is 4. The number of carbonyl (C=O) groups excluding carboxylic acids is 4. The number of nitrogens with one attached hydrogen (secondary N) is 1. The number of hydrogen-bond donors (Lipinski definition) is 2. The van der Waals surface area contributed by atoms with Crippen molar-refractivity contribution in [1.29, 1.82) is 0 Å². The molecule has 4 aliphatic rings. The summed E-state index contributed by atoms with van der Waals surface area (Å²) >= 11 is 14.7. The van der Waals surface area contributed by atoms with E-state index < -0.39 is 57.0 Å². The lowest BCUT2D eigenvalue weighted by Gasteiger charge is -2.50. The van der Waals surface area contributed by atoms with Gasteiger partial charge in [-0.2, -0.15) is 0 Å². The van der Waals surface area contributed by atoms with Gasteiger partial charge in [0.2, 0.25) is 11.8 Å². The van der Waals surface area contributed by atoms with Crippen molar-refractivity contribution < 1.29 is 28.7 Å². The second kappa shape index (κ2) is 11.3.